The van der Waals surface area contributed by atoms with Crippen LogP contribution >= 0.6 is 0 Å². The number of nitrogens with zero attached hydrogens (tertiary/aromatic N) is 1. The largest absolute Gasteiger partial charge is 0.439 e. The molecule has 1 aromatic heterocycles. The molecule has 0 atom stereocenters. The number of aromatic nitrogens is 1. The monoisotopic (exact) mass is 369 g/mol. The molecule has 1 aromatic carbocycles. The van der Waals surface area contributed by atoms with Crippen molar-refractivity contribution < 1.29 is 13.9 Å². The maximum absolute atomic E-state index is 13.2. The Morgan fingerprint density at radius 2 is 2.11 bits per heavy atom. The Morgan fingerprint density at radius 1 is 1.19 bits per heavy atom. The number of halogens is 1. The Balaban J connectivity index is 1.39. The fraction of sp³-hybridized carbons (Fsp3) is 0.333. The first-order chi connectivity index (χ1) is 13.2. The van der Waals surface area contributed by atoms with Crippen LogP contribution in [0.4, 0.5) is 9.18 Å². The summed E-state index contributed by atoms with van der Waals surface area (Å²) in [4.78, 5) is 16.1. The third-order valence-electron chi connectivity index (χ3n) is 4.39. The van der Waals surface area contributed by atoms with Crippen molar-refractivity contribution in [3.05, 3.63) is 65.6 Å². The summed E-state index contributed by atoms with van der Waals surface area (Å²) in [5, 5.41) is 5.69. The molecule has 3 rings (SSSR count). The highest BCUT2D eigenvalue weighted by Crippen LogP contribution is 2.20. The molecule has 2 aromatic rings. The molecule has 1 aliphatic rings. The summed E-state index contributed by atoms with van der Waals surface area (Å²) in [6.07, 6.45) is 9.68. The molecule has 0 saturated heterocycles. The van der Waals surface area contributed by atoms with Gasteiger partial charge in [-0.2, -0.15) is 0 Å². The van der Waals surface area contributed by atoms with Gasteiger partial charge < -0.3 is 15.4 Å². The van der Waals surface area contributed by atoms with E-state index >= 15 is 0 Å². The summed E-state index contributed by atoms with van der Waals surface area (Å²) >= 11 is 0. The molecule has 0 radical (unpaired) electrons. The van der Waals surface area contributed by atoms with Gasteiger partial charge in [0.2, 0.25) is 5.88 Å². The molecule has 6 heteroatoms. The van der Waals surface area contributed by atoms with Crippen LogP contribution in [0.25, 0.3) is 0 Å². The van der Waals surface area contributed by atoms with Crippen molar-refractivity contribution in [3.8, 4) is 11.6 Å². The highest BCUT2D eigenvalue weighted by atomic mass is 19.1. The molecule has 142 valence electrons. The second kappa shape index (κ2) is 9.71. The molecule has 1 aliphatic carbocycles. The van der Waals surface area contributed by atoms with Crippen LogP contribution in [-0.4, -0.2) is 17.6 Å². The number of carbonyl (C=O) groups excluding carboxylic acids is 1. The lowest BCUT2D eigenvalue weighted by Crippen LogP contribution is -2.35. The Hall–Kier alpha value is -2.89. The number of rotatable bonds is 7. The molecule has 0 fully saturated rings. The molecular formula is C21H24FN3O2. The SMILES string of the molecule is O=C(NCCC1=CCCCC1)NCc1ccc(Oc2cccc(F)c2)nc1. The van der Waals surface area contributed by atoms with Gasteiger partial charge in [-0.15, -0.1) is 0 Å². The number of hydrogen-bond donors (Lipinski definition) is 2. The Bertz CT molecular complexity index is 790. The number of pyridine rings is 1. The van der Waals surface area contributed by atoms with Crippen molar-refractivity contribution in [3.63, 3.8) is 0 Å². The van der Waals surface area contributed by atoms with E-state index < -0.39 is 0 Å². The van der Waals surface area contributed by atoms with Crippen molar-refractivity contribution in [1.82, 2.24) is 15.6 Å². The zero-order chi connectivity index (χ0) is 18.9. The minimum absolute atomic E-state index is 0.188. The number of urea groups is 1. The number of amides is 2. The van der Waals surface area contributed by atoms with E-state index in [2.05, 4.69) is 21.7 Å². The smallest absolute Gasteiger partial charge is 0.315 e. The molecule has 0 spiro atoms. The molecular weight excluding hydrogens is 345 g/mol. The average molecular weight is 369 g/mol. The zero-order valence-electron chi connectivity index (χ0n) is 15.2. The van der Waals surface area contributed by atoms with Crippen LogP contribution in [0.3, 0.4) is 0 Å². The predicted octanol–water partition coefficient (Wildman–Crippen LogP) is 4.70. The normalized spacial score (nSPS) is 13.6. The number of benzene rings is 1. The number of hydrogen-bond acceptors (Lipinski definition) is 3. The first-order valence-corrected chi connectivity index (χ1v) is 9.27. The van der Waals surface area contributed by atoms with Gasteiger partial charge in [-0.1, -0.05) is 23.8 Å². The summed E-state index contributed by atoms with van der Waals surface area (Å²) in [5.41, 5.74) is 2.30. The third kappa shape index (κ3) is 6.40. The van der Waals surface area contributed by atoms with Crippen LogP contribution in [0.15, 0.2) is 54.2 Å². The summed E-state index contributed by atoms with van der Waals surface area (Å²) in [5.74, 6) is 0.398. The lowest BCUT2D eigenvalue weighted by atomic mass is 9.97. The molecule has 0 unspecified atom stereocenters. The summed E-state index contributed by atoms with van der Waals surface area (Å²) in [6, 6.07) is 9.20. The van der Waals surface area contributed by atoms with Crippen molar-refractivity contribution in [2.75, 3.05) is 6.54 Å². The lowest BCUT2D eigenvalue weighted by molar-refractivity contribution is 0.240. The van der Waals surface area contributed by atoms with Crippen molar-refractivity contribution in [2.45, 2.75) is 38.6 Å². The van der Waals surface area contributed by atoms with Gasteiger partial charge in [-0.25, -0.2) is 14.2 Å². The van der Waals surface area contributed by atoms with Gasteiger partial charge in [0, 0.05) is 31.4 Å². The Labute approximate surface area is 158 Å². The van der Waals surface area contributed by atoms with E-state index in [1.165, 1.54) is 30.5 Å². The standard InChI is InChI=1S/C21H24FN3O2/c22-18-7-4-8-19(13-18)27-20-10-9-17(14-24-20)15-25-21(26)23-12-11-16-5-2-1-3-6-16/h4-5,7-10,13-14H,1-3,6,11-12,15H2,(H2,23,25,26). The maximum Gasteiger partial charge on any atom is 0.315 e. The minimum Gasteiger partial charge on any atom is -0.439 e. The van der Waals surface area contributed by atoms with Gasteiger partial charge >= 0.3 is 6.03 Å². The highest BCUT2D eigenvalue weighted by molar-refractivity contribution is 5.73. The number of allylic oxidation sites excluding steroid dienone is 1. The van der Waals surface area contributed by atoms with Gasteiger partial charge in [0.05, 0.1) is 0 Å². The van der Waals surface area contributed by atoms with Gasteiger partial charge in [0.15, 0.2) is 0 Å². The molecule has 0 aliphatic heterocycles. The van der Waals surface area contributed by atoms with Crippen molar-refractivity contribution in [1.29, 1.82) is 0 Å². The van der Waals surface area contributed by atoms with Crippen LogP contribution in [-0.2, 0) is 6.54 Å². The van der Waals surface area contributed by atoms with E-state index in [0.29, 0.717) is 24.7 Å². The molecule has 0 saturated carbocycles. The highest BCUT2D eigenvalue weighted by Gasteiger charge is 2.06. The zero-order valence-corrected chi connectivity index (χ0v) is 15.2. The summed E-state index contributed by atoms with van der Waals surface area (Å²) in [6.45, 7) is 1.03. The number of nitrogens with one attached hydrogen (secondary N) is 2. The second-order valence-corrected chi connectivity index (χ2v) is 6.53. The molecule has 2 amide bonds. The lowest BCUT2D eigenvalue weighted by Gasteiger charge is -2.13. The third-order valence-corrected chi connectivity index (χ3v) is 4.39. The van der Waals surface area contributed by atoms with Gasteiger partial charge in [-0.05, 0) is 49.8 Å². The van der Waals surface area contributed by atoms with E-state index in [4.69, 9.17) is 4.74 Å². The first-order valence-electron chi connectivity index (χ1n) is 9.27. The van der Waals surface area contributed by atoms with Gasteiger partial charge in [0.25, 0.3) is 0 Å². The molecule has 1 heterocycles. The van der Waals surface area contributed by atoms with E-state index in [9.17, 15) is 9.18 Å². The molecule has 27 heavy (non-hydrogen) atoms. The Morgan fingerprint density at radius 3 is 2.85 bits per heavy atom. The second-order valence-electron chi connectivity index (χ2n) is 6.53. The van der Waals surface area contributed by atoms with Crippen LogP contribution in [0.5, 0.6) is 11.6 Å². The number of carbonyl (C=O) groups is 1. The van der Waals surface area contributed by atoms with E-state index in [1.54, 1.807) is 24.4 Å². The first kappa shape index (κ1) is 18.9. The van der Waals surface area contributed by atoms with Crippen molar-refractivity contribution >= 4 is 6.03 Å². The molecule has 5 nitrogen and oxygen atoms in total. The summed E-state index contributed by atoms with van der Waals surface area (Å²) in [7, 11) is 0. The van der Waals surface area contributed by atoms with Gasteiger partial charge in [-0.3, -0.25) is 0 Å². The molecule has 0 bridgehead atoms. The van der Waals surface area contributed by atoms with Crippen LogP contribution < -0.4 is 15.4 Å². The topological polar surface area (TPSA) is 63.2 Å². The van der Waals surface area contributed by atoms with E-state index in [0.717, 1.165) is 24.8 Å². The fourth-order valence-corrected chi connectivity index (χ4v) is 2.94. The van der Waals surface area contributed by atoms with Crippen molar-refractivity contribution in [2.24, 2.45) is 0 Å². The van der Waals surface area contributed by atoms with E-state index in [-0.39, 0.29) is 11.8 Å². The van der Waals surface area contributed by atoms with Crippen LogP contribution in [0.1, 0.15) is 37.7 Å². The van der Waals surface area contributed by atoms with Crippen LogP contribution in [0, 0.1) is 5.82 Å². The fourth-order valence-electron chi connectivity index (χ4n) is 2.94. The van der Waals surface area contributed by atoms with E-state index in [1.807, 2.05) is 6.07 Å². The van der Waals surface area contributed by atoms with Gasteiger partial charge in [0.1, 0.15) is 11.6 Å². The Kier molecular flexibility index (Phi) is 6.79. The number of ether oxygens (including phenoxy) is 1. The summed E-state index contributed by atoms with van der Waals surface area (Å²) < 4.78 is 18.6. The quantitative estimate of drug-likeness (QED) is 0.695. The predicted molar refractivity (Wildman–Crippen MR) is 102 cm³/mol. The average Bonchev–Trinajstić information content (AvgIpc) is 2.68. The minimum atomic E-state index is -0.362. The maximum atomic E-state index is 13.2. The molecule has 2 N–H and O–H groups in total. The van der Waals surface area contributed by atoms with Crippen LogP contribution in [0.2, 0.25) is 0 Å².